The molecule has 1 aliphatic carbocycles. The molecule has 0 radical (unpaired) electrons. The highest BCUT2D eigenvalue weighted by Gasteiger charge is 2.37. The third-order valence-corrected chi connectivity index (χ3v) is 9.21. The summed E-state index contributed by atoms with van der Waals surface area (Å²) in [4.78, 5) is 6.79. The summed E-state index contributed by atoms with van der Waals surface area (Å²) >= 11 is 0. The molecule has 0 saturated carbocycles. The van der Waals surface area contributed by atoms with Crippen LogP contribution in [0.5, 0.6) is 0 Å². The predicted octanol–water partition coefficient (Wildman–Crippen LogP) is 10.2. The van der Waals surface area contributed by atoms with Crippen LogP contribution in [0.4, 0.5) is 11.4 Å². The molecule has 3 heterocycles. The maximum absolute atomic E-state index is 4.30. The number of hydrogen-bond acceptors (Lipinski definition) is 2. The van der Waals surface area contributed by atoms with Gasteiger partial charge in [-0.1, -0.05) is 91.0 Å². The van der Waals surface area contributed by atoms with E-state index in [9.17, 15) is 0 Å². The molecule has 44 heavy (non-hydrogen) atoms. The molecular weight excluding hydrogens is 534 g/mol. The van der Waals surface area contributed by atoms with Crippen LogP contribution in [-0.2, 0) is 0 Å². The van der Waals surface area contributed by atoms with Crippen LogP contribution < -0.4 is 4.90 Å². The highest BCUT2D eigenvalue weighted by atomic mass is 15.2. The fraction of sp³-hybridized carbons (Fsp3) is 0.0488. The van der Waals surface area contributed by atoms with Gasteiger partial charge < -0.3 is 9.47 Å². The second-order valence-corrected chi connectivity index (χ2v) is 11.6. The van der Waals surface area contributed by atoms with E-state index in [1.54, 1.807) is 0 Å². The first-order chi connectivity index (χ1) is 21.8. The highest BCUT2D eigenvalue weighted by Crippen LogP contribution is 2.49. The van der Waals surface area contributed by atoms with Crippen molar-refractivity contribution in [2.75, 3.05) is 4.90 Å². The van der Waals surface area contributed by atoms with Crippen LogP contribution in [0.15, 0.2) is 164 Å². The molecule has 1 aliphatic heterocycles. The van der Waals surface area contributed by atoms with Crippen molar-refractivity contribution in [3.63, 3.8) is 0 Å². The lowest BCUT2D eigenvalue weighted by molar-refractivity contribution is 0.745. The first-order valence-electron chi connectivity index (χ1n) is 15.2. The maximum Gasteiger partial charge on any atom is 0.0629 e. The van der Waals surface area contributed by atoms with E-state index in [0.29, 0.717) is 5.92 Å². The minimum Gasteiger partial charge on any atom is -0.333 e. The van der Waals surface area contributed by atoms with Gasteiger partial charge in [0.1, 0.15) is 0 Å². The summed E-state index contributed by atoms with van der Waals surface area (Å²) in [7, 11) is 0. The van der Waals surface area contributed by atoms with E-state index in [1.165, 1.54) is 61.1 Å². The van der Waals surface area contributed by atoms with Crippen LogP contribution in [0.2, 0.25) is 0 Å². The molecule has 0 bridgehead atoms. The van der Waals surface area contributed by atoms with Gasteiger partial charge in [-0.05, 0) is 88.5 Å². The standard InChI is InChI=1S/C41H29N3/c1-2-10-32(11-3-1)43-38-14-6-4-12-34(38)36-25-29(18-22-40(36)43)30-19-23-41-37(26-30)35-13-5-7-15-39(35)44(41)33-20-16-28(17-21-33)31-9-8-24-42-27-31/h1-27,35,39H. The lowest BCUT2D eigenvalue weighted by Crippen LogP contribution is -2.28. The van der Waals surface area contributed by atoms with Crippen molar-refractivity contribution in [1.29, 1.82) is 0 Å². The van der Waals surface area contributed by atoms with Gasteiger partial charge in [0.05, 0.1) is 17.1 Å². The van der Waals surface area contributed by atoms with E-state index in [1.807, 2.05) is 18.5 Å². The Bertz CT molecular complexity index is 2220. The monoisotopic (exact) mass is 563 g/mol. The highest BCUT2D eigenvalue weighted by molar-refractivity contribution is 6.10. The number of hydrogen-bond donors (Lipinski definition) is 0. The van der Waals surface area contributed by atoms with Gasteiger partial charge in [-0.2, -0.15) is 0 Å². The molecule has 5 aromatic carbocycles. The average Bonchev–Trinajstić information content (AvgIpc) is 3.61. The largest absolute Gasteiger partial charge is 0.333 e. The van der Waals surface area contributed by atoms with Crippen LogP contribution in [0.25, 0.3) is 49.7 Å². The zero-order valence-electron chi connectivity index (χ0n) is 24.1. The number of aromatic nitrogens is 2. The molecule has 3 nitrogen and oxygen atoms in total. The normalized spacial score (nSPS) is 16.9. The van der Waals surface area contributed by atoms with E-state index < -0.39 is 0 Å². The molecule has 0 saturated heterocycles. The first kappa shape index (κ1) is 24.9. The number of fused-ring (bicyclic) bond motifs is 6. The molecule has 0 fully saturated rings. The van der Waals surface area contributed by atoms with Crippen LogP contribution >= 0.6 is 0 Å². The van der Waals surface area contributed by atoms with Crippen LogP contribution in [-0.4, -0.2) is 15.6 Å². The Morgan fingerprint density at radius 3 is 2.14 bits per heavy atom. The van der Waals surface area contributed by atoms with E-state index in [-0.39, 0.29) is 6.04 Å². The van der Waals surface area contributed by atoms with Gasteiger partial charge in [0.2, 0.25) is 0 Å². The van der Waals surface area contributed by atoms with E-state index in [4.69, 9.17) is 0 Å². The molecule has 2 unspecified atom stereocenters. The van der Waals surface area contributed by atoms with Crippen molar-refractivity contribution in [1.82, 2.24) is 9.55 Å². The van der Waals surface area contributed by atoms with Crippen molar-refractivity contribution in [3.8, 4) is 27.9 Å². The molecule has 0 N–H and O–H groups in total. The summed E-state index contributed by atoms with van der Waals surface area (Å²) in [5, 5.41) is 2.55. The summed E-state index contributed by atoms with van der Waals surface area (Å²) in [5.74, 6) is 0.302. The van der Waals surface area contributed by atoms with Gasteiger partial charge in [-0.15, -0.1) is 0 Å². The van der Waals surface area contributed by atoms with Gasteiger partial charge in [-0.3, -0.25) is 4.98 Å². The Kier molecular flexibility index (Phi) is 5.63. The number of anilines is 2. The molecule has 9 rings (SSSR count). The third-order valence-electron chi connectivity index (χ3n) is 9.21. The average molecular weight is 564 g/mol. The quantitative estimate of drug-likeness (QED) is 0.212. The van der Waals surface area contributed by atoms with Gasteiger partial charge in [0.15, 0.2) is 0 Å². The number of nitrogens with zero attached hydrogens (tertiary/aromatic N) is 3. The number of rotatable bonds is 4. The first-order valence-corrected chi connectivity index (χ1v) is 15.2. The maximum atomic E-state index is 4.30. The van der Waals surface area contributed by atoms with Crippen LogP contribution in [0.3, 0.4) is 0 Å². The smallest absolute Gasteiger partial charge is 0.0629 e. The van der Waals surface area contributed by atoms with Gasteiger partial charge in [-0.25, -0.2) is 0 Å². The van der Waals surface area contributed by atoms with Crippen LogP contribution in [0, 0.1) is 0 Å². The molecule has 0 amide bonds. The summed E-state index contributed by atoms with van der Waals surface area (Å²) < 4.78 is 2.37. The lowest BCUT2D eigenvalue weighted by atomic mass is 9.89. The Labute approximate surface area is 256 Å². The molecule has 2 aliphatic rings. The molecule has 2 atom stereocenters. The van der Waals surface area contributed by atoms with Crippen molar-refractivity contribution in [3.05, 3.63) is 170 Å². The summed E-state index contributed by atoms with van der Waals surface area (Å²) in [6.45, 7) is 0. The van der Waals surface area contributed by atoms with Crippen molar-refractivity contribution in [2.45, 2.75) is 12.0 Å². The van der Waals surface area contributed by atoms with E-state index in [0.717, 1.165) is 5.56 Å². The number of benzene rings is 5. The molecular formula is C41H29N3. The van der Waals surface area contributed by atoms with Gasteiger partial charge in [0.25, 0.3) is 0 Å². The minimum absolute atomic E-state index is 0.251. The molecule has 208 valence electrons. The van der Waals surface area contributed by atoms with Crippen molar-refractivity contribution >= 4 is 33.2 Å². The predicted molar refractivity (Wildman–Crippen MR) is 183 cm³/mol. The topological polar surface area (TPSA) is 21.1 Å². The Morgan fingerprint density at radius 1 is 0.523 bits per heavy atom. The minimum atomic E-state index is 0.251. The molecule has 0 spiro atoms. The Morgan fingerprint density at radius 2 is 1.27 bits per heavy atom. The number of pyridine rings is 1. The van der Waals surface area contributed by atoms with Gasteiger partial charge >= 0.3 is 0 Å². The van der Waals surface area contributed by atoms with E-state index >= 15 is 0 Å². The second-order valence-electron chi connectivity index (χ2n) is 11.6. The lowest BCUT2D eigenvalue weighted by Gasteiger charge is -2.28. The molecule has 2 aromatic heterocycles. The SMILES string of the molecule is C1=CC2c3cc(-c4ccc5c(c4)c4ccccc4n5-c4ccccc4)ccc3N(c3ccc(-c4cccnc4)cc3)C2C=C1. The Balaban J connectivity index is 1.14. The van der Waals surface area contributed by atoms with Gasteiger partial charge in [0, 0.05) is 46.1 Å². The fourth-order valence-corrected chi connectivity index (χ4v) is 7.18. The number of para-hydroxylation sites is 2. The molecule has 3 heteroatoms. The number of allylic oxidation sites excluding steroid dienone is 2. The zero-order chi connectivity index (χ0) is 29.0. The molecule has 7 aromatic rings. The summed E-state index contributed by atoms with van der Waals surface area (Å²) in [5.41, 5.74) is 12.3. The fourth-order valence-electron chi connectivity index (χ4n) is 7.18. The summed E-state index contributed by atoms with van der Waals surface area (Å²) in [6.07, 6.45) is 12.8. The third kappa shape index (κ3) is 3.86. The van der Waals surface area contributed by atoms with Crippen molar-refractivity contribution in [2.24, 2.45) is 0 Å². The van der Waals surface area contributed by atoms with Crippen molar-refractivity contribution < 1.29 is 0 Å². The second kappa shape index (κ2) is 9.96. The zero-order valence-corrected chi connectivity index (χ0v) is 24.1. The van der Waals surface area contributed by atoms with E-state index in [2.05, 4.69) is 160 Å². The summed E-state index contributed by atoms with van der Waals surface area (Å²) in [6, 6.07) is 46.6. The van der Waals surface area contributed by atoms with Crippen LogP contribution in [0.1, 0.15) is 11.5 Å². The Hall–Kier alpha value is -5.67.